The van der Waals surface area contributed by atoms with Crippen LogP contribution in [0.3, 0.4) is 0 Å². The number of hydrogen-bond acceptors (Lipinski definition) is 3. The Hall–Kier alpha value is -2.08. The maximum absolute atomic E-state index is 13.1. The van der Waals surface area contributed by atoms with E-state index in [0.29, 0.717) is 37.6 Å². The molecule has 2 N–H and O–H groups in total. The van der Waals surface area contributed by atoms with Crippen molar-refractivity contribution in [2.45, 2.75) is 12.3 Å². The van der Waals surface area contributed by atoms with E-state index in [1.807, 2.05) is 35.2 Å². The number of benzene rings is 2. The van der Waals surface area contributed by atoms with Crippen molar-refractivity contribution in [2.75, 3.05) is 31.1 Å². The summed E-state index contributed by atoms with van der Waals surface area (Å²) >= 11 is 5.94. The van der Waals surface area contributed by atoms with Gasteiger partial charge in [0.2, 0.25) is 11.8 Å². The number of nitrogens with zero attached hydrogens (tertiary/aromatic N) is 2. The molecule has 2 aliphatic heterocycles. The highest BCUT2D eigenvalue weighted by Crippen LogP contribution is 2.34. The van der Waals surface area contributed by atoms with E-state index in [4.69, 9.17) is 17.3 Å². The molecule has 0 aromatic heterocycles. The molecular formula is C22H25Cl2N3O2. The summed E-state index contributed by atoms with van der Waals surface area (Å²) in [7, 11) is 0. The van der Waals surface area contributed by atoms with Crippen molar-refractivity contribution in [3.8, 4) is 0 Å². The molecule has 4 rings (SSSR count). The van der Waals surface area contributed by atoms with Crippen LogP contribution in [0, 0.1) is 11.8 Å². The molecule has 2 aromatic carbocycles. The Balaban J connectivity index is 0.00000240. The van der Waals surface area contributed by atoms with Gasteiger partial charge in [0.15, 0.2) is 0 Å². The predicted octanol–water partition coefficient (Wildman–Crippen LogP) is 3.32. The summed E-state index contributed by atoms with van der Waals surface area (Å²) in [4.78, 5) is 29.6. The van der Waals surface area contributed by atoms with Gasteiger partial charge < -0.3 is 15.5 Å². The Labute approximate surface area is 182 Å². The summed E-state index contributed by atoms with van der Waals surface area (Å²) in [6.07, 6.45) is 0.542. The minimum absolute atomic E-state index is 0. The van der Waals surface area contributed by atoms with Crippen molar-refractivity contribution in [2.24, 2.45) is 17.6 Å². The lowest BCUT2D eigenvalue weighted by Crippen LogP contribution is -2.39. The Morgan fingerprint density at radius 2 is 1.76 bits per heavy atom. The van der Waals surface area contributed by atoms with Crippen LogP contribution in [0.15, 0.2) is 54.6 Å². The van der Waals surface area contributed by atoms with Crippen molar-refractivity contribution in [3.63, 3.8) is 0 Å². The van der Waals surface area contributed by atoms with Crippen LogP contribution in [0.1, 0.15) is 17.9 Å². The fourth-order valence-corrected chi connectivity index (χ4v) is 4.50. The van der Waals surface area contributed by atoms with Crippen LogP contribution in [0.4, 0.5) is 5.69 Å². The number of carbonyl (C=O) groups is 2. The Kier molecular flexibility index (Phi) is 6.83. The molecule has 3 atom stereocenters. The third-order valence-corrected chi connectivity index (χ3v) is 6.18. The first-order valence-corrected chi connectivity index (χ1v) is 10.1. The van der Waals surface area contributed by atoms with Gasteiger partial charge in [-0.1, -0.05) is 41.9 Å². The first kappa shape index (κ1) is 21.6. The fraction of sp³-hybridized carbons (Fsp3) is 0.364. The normalized spacial score (nSPS) is 23.9. The molecule has 0 bridgehead atoms. The van der Waals surface area contributed by atoms with Crippen molar-refractivity contribution >= 4 is 41.5 Å². The van der Waals surface area contributed by atoms with E-state index in [1.165, 1.54) is 5.56 Å². The monoisotopic (exact) mass is 433 g/mol. The van der Waals surface area contributed by atoms with E-state index in [1.54, 1.807) is 17.0 Å². The van der Waals surface area contributed by atoms with Gasteiger partial charge in [0.25, 0.3) is 0 Å². The third-order valence-electron chi connectivity index (χ3n) is 5.93. The topological polar surface area (TPSA) is 66.6 Å². The Morgan fingerprint density at radius 1 is 1.07 bits per heavy atom. The molecule has 2 aliphatic rings. The summed E-state index contributed by atoms with van der Waals surface area (Å²) in [5.41, 5.74) is 7.98. The molecule has 0 aliphatic carbocycles. The predicted molar refractivity (Wildman–Crippen MR) is 117 cm³/mol. The van der Waals surface area contributed by atoms with E-state index >= 15 is 0 Å². The SMILES string of the molecule is Cl.NC[C@@H]1CN(C(=O)C2CCN(c3ccc(Cl)cc3)C2=O)C[C@H]1c1ccccc1. The number of halogens is 2. The molecule has 0 spiro atoms. The molecule has 2 amide bonds. The van der Waals surface area contributed by atoms with Gasteiger partial charge in [0, 0.05) is 36.3 Å². The lowest BCUT2D eigenvalue weighted by molar-refractivity contribution is -0.139. The lowest BCUT2D eigenvalue weighted by Gasteiger charge is -2.21. The van der Waals surface area contributed by atoms with Crippen molar-refractivity contribution < 1.29 is 9.59 Å². The van der Waals surface area contributed by atoms with E-state index in [0.717, 1.165) is 5.69 Å². The Bertz CT molecular complexity index is 860. The number of anilines is 1. The summed E-state index contributed by atoms with van der Waals surface area (Å²) in [5, 5.41) is 0.625. The number of hydrogen-bond donors (Lipinski definition) is 1. The number of amides is 2. The highest BCUT2D eigenvalue weighted by atomic mass is 35.5. The molecule has 7 heteroatoms. The van der Waals surface area contributed by atoms with Gasteiger partial charge in [-0.2, -0.15) is 0 Å². The third kappa shape index (κ3) is 4.27. The van der Waals surface area contributed by atoms with E-state index in [-0.39, 0.29) is 36.1 Å². The molecule has 1 unspecified atom stereocenters. The molecule has 2 fully saturated rings. The second-order valence-electron chi connectivity index (χ2n) is 7.56. The van der Waals surface area contributed by atoms with Crippen LogP contribution in [0.25, 0.3) is 0 Å². The molecular weight excluding hydrogens is 409 g/mol. The zero-order chi connectivity index (χ0) is 19.7. The number of carbonyl (C=O) groups excluding carboxylic acids is 2. The second kappa shape index (κ2) is 9.16. The van der Waals surface area contributed by atoms with Crippen LogP contribution >= 0.6 is 24.0 Å². The average Bonchev–Trinajstić information content (AvgIpc) is 3.33. The van der Waals surface area contributed by atoms with Crippen LogP contribution < -0.4 is 10.6 Å². The van der Waals surface area contributed by atoms with E-state index < -0.39 is 5.92 Å². The van der Waals surface area contributed by atoms with Crippen molar-refractivity contribution in [1.82, 2.24) is 4.90 Å². The lowest BCUT2D eigenvalue weighted by atomic mass is 9.89. The summed E-state index contributed by atoms with van der Waals surface area (Å²) in [5.74, 6) is -0.365. The highest BCUT2D eigenvalue weighted by molar-refractivity contribution is 6.30. The minimum Gasteiger partial charge on any atom is -0.341 e. The van der Waals surface area contributed by atoms with Gasteiger partial charge in [0.05, 0.1) is 0 Å². The molecule has 0 saturated carbocycles. The largest absolute Gasteiger partial charge is 0.341 e. The summed E-state index contributed by atoms with van der Waals surface area (Å²) < 4.78 is 0. The quantitative estimate of drug-likeness (QED) is 0.751. The van der Waals surface area contributed by atoms with Gasteiger partial charge >= 0.3 is 0 Å². The average molecular weight is 434 g/mol. The van der Waals surface area contributed by atoms with Gasteiger partial charge in [-0.05, 0) is 48.7 Å². The standard InChI is InChI=1S/C22H24ClN3O2.ClH/c23-17-6-8-18(9-7-17)26-11-10-19(22(26)28)21(27)25-13-16(12-24)20(14-25)15-4-2-1-3-5-15;/h1-9,16,19-20H,10-14,24H2;1H/t16-,19?,20+;/m1./s1. The van der Waals surface area contributed by atoms with Gasteiger partial charge in [-0.15, -0.1) is 12.4 Å². The minimum atomic E-state index is -0.608. The molecule has 154 valence electrons. The molecule has 2 heterocycles. The van der Waals surface area contributed by atoms with Crippen LogP contribution in [0.2, 0.25) is 5.02 Å². The first-order chi connectivity index (χ1) is 13.6. The zero-order valence-corrected chi connectivity index (χ0v) is 17.6. The van der Waals surface area contributed by atoms with E-state index in [2.05, 4.69) is 12.1 Å². The first-order valence-electron chi connectivity index (χ1n) is 9.69. The highest BCUT2D eigenvalue weighted by Gasteiger charge is 2.43. The smallest absolute Gasteiger partial charge is 0.239 e. The Morgan fingerprint density at radius 3 is 2.41 bits per heavy atom. The van der Waals surface area contributed by atoms with Crippen molar-refractivity contribution in [3.05, 3.63) is 65.2 Å². The summed E-state index contributed by atoms with van der Waals surface area (Å²) in [6, 6.07) is 17.3. The fourth-order valence-electron chi connectivity index (χ4n) is 4.37. The van der Waals surface area contributed by atoms with Crippen molar-refractivity contribution in [1.29, 1.82) is 0 Å². The number of likely N-dealkylation sites (tertiary alicyclic amines) is 1. The summed E-state index contributed by atoms with van der Waals surface area (Å²) in [6.45, 7) is 2.31. The van der Waals surface area contributed by atoms with Crippen LogP contribution in [-0.2, 0) is 9.59 Å². The van der Waals surface area contributed by atoms with Crippen LogP contribution in [-0.4, -0.2) is 42.9 Å². The van der Waals surface area contributed by atoms with E-state index in [9.17, 15) is 9.59 Å². The molecule has 2 saturated heterocycles. The molecule has 0 radical (unpaired) electrons. The van der Waals surface area contributed by atoms with Crippen LogP contribution in [0.5, 0.6) is 0 Å². The maximum Gasteiger partial charge on any atom is 0.239 e. The molecule has 5 nitrogen and oxygen atoms in total. The number of rotatable bonds is 4. The molecule has 29 heavy (non-hydrogen) atoms. The van der Waals surface area contributed by atoms with Gasteiger partial charge in [-0.25, -0.2) is 0 Å². The zero-order valence-electron chi connectivity index (χ0n) is 16.0. The molecule has 2 aromatic rings. The van der Waals surface area contributed by atoms with Gasteiger partial charge in [-0.3, -0.25) is 9.59 Å². The number of nitrogens with two attached hydrogens (primary N) is 1. The maximum atomic E-state index is 13.1. The second-order valence-corrected chi connectivity index (χ2v) is 8.00. The van der Waals surface area contributed by atoms with Gasteiger partial charge in [0.1, 0.15) is 5.92 Å².